The third-order valence-corrected chi connectivity index (χ3v) is 3.60. The lowest BCUT2D eigenvalue weighted by Crippen LogP contribution is -2.31. The van der Waals surface area contributed by atoms with Gasteiger partial charge in [-0.25, -0.2) is 0 Å². The van der Waals surface area contributed by atoms with Crippen LogP contribution in [-0.4, -0.2) is 29.4 Å². The Morgan fingerprint density at radius 1 is 1.09 bits per heavy atom. The molecule has 0 radical (unpaired) electrons. The molecule has 3 rings (SSSR count). The van der Waals surface area contributed by atoms with Crippen LogP contribution in [0, 0.1) is 0 Å². The van der Waals surface area contributed by atoms with Gasteiger partial charge in [-0.05, 0) is 29.8 Å². The minimum Gasteiger partial charge on any atom is -0.484 e. The Bertz CT molecular complexity index is 803. The van der Waals surface area contributed by atoms with Crippen molar-refractivity contribution in [3.8, 4) is 5.75 Å². The van der Waals surface area contributed by atoms with Gasteiger partial charge in [0.1, 0.15) is 5.75 Å². The minimum atomic E-state index is -0.0676. The molecule has 0 spiro atoms. The summed E-state index contributed by atoms with van der Waals surface area (Å²) in [6, 6.07) is 19.3. The maximum atomic E-state index is 12.2. The normalized spacial score (nSPS) is 10.5. The van der Waals surface area contributed by atoms with Gasteiger partial charge >= 0.3 is 0 Å². The number of hydrogen-bond acceptors (Lipinski definition) is 3. The monoisotopic (exact) mass is 306 g/mol. The molecule has 3 aromatic rings. The van der Waals surface area contributed by atoms with Crippen LogP contribution in [0.4, 0.5) is 0 Å². The summed E-state index contributed by atoms with van der Waals surface area (Å²) >= 11 is 0. The number of benzene rings is 2. The van der Waals surface area contributed by atoms with Crippen LogP contribution >= 0.6 is 0 Å². The van der Waals surface area contributed by atoms with Crippen molar-refractivity contribution in [1.82, 2.24) is 9.88 Å². The van der Waals surface area contributed by atoms with Gasteiger partial charge in [-0.1, -0.05) is 36.4 Å². The summed E-state index contributed by atoms with van der Waals surface area (Å²) in [6.45, 7) is 0.538. The van der Waals surface area contributed by atoms with Gasteiger partial charge in [0.2, 0.25) is 0 Å². The number of carbonyl (C=O) groups excluding carboxylic acids is 1. The van der Waals surface area contributed by atoms with E-state index in [0.29, 0.717) is 12.3 Å². The molecule has 0 atom stereocenters. The van der Waals surface area contributed by atoms with Gasteiger partial charge in [0, 0.05) is 25.2 Å². The lowest BCUT2D eigenvalue weighted by Gasteiger charge is -2.17. The molecule has 4 heteroatoms. The largest absolute Gasteiger partial charge is 0.484 e. The molecular formula is C19H18N2O2. The number of amides is 1. The second-order valence-corrected chi connectivity index (χ2v) is 5.39. The molecule has 0 saturated carbocycles. The zero-order chi connectivity index (χ0) is 16.1. The van der Waals surface area contributed by atoms with Crippen LogP contribution < -0.4 is 4.74 Å². The lowest BCUT2D eigenvalue weighted by molar-refractivity contribution is -0.132. The molecule has 116 valence electrons. The fourth-order valence-corrected chi connectivity index (χ4v) is 2.34. The molecule has 0 aliphatic carbocycles. The Hall–Kier alpha value is -2.88. The van der Waals surface area contributed by atoms with Gasteiger partial charge in [0.25, 0.3) is 5.91 Å². The molecule has 0 saturated heterocycles. The van der Waals surface area contributed by atoms with Crippen LogP contribution in [0.3, 0.4) is 0 Å². The summed E-state index contributed by atoms with van der Waals surface area (Å²) in [5.74, 6) is 0.628. The Morgan fingerprint density at radius 2 is 1.83 bits per heavy atom. The number of aromatic nitrogens is 1. The maximum absolute atomic E-state index is 12.2. The molecule has 4 nitrogen and oxygen atoms in total. The molecule has 0 bridgehead atoms. The first-order chi connectivity index (χ1) is 11.2. The zero-order valence-electron chi connectivity index (χ0n) is 13.0. The predicted octanol–water partition coefficient (Wildman–Crippen LogP) is 3.27. The van der Waals surface area contributed by atoms with Gasteiger partial charge in [-0.2, -0.15) is 0 Å². The van der Waals surface area contributed by atoms with Crippen molar-refractivity contribution in [2.45, 2.75) is 6.54 Å². The van der Waals surface area contributed by atoms with E-state index in [1.807, 2.05) is 60.8 Å². The van der Waals surface area contributed by atoms with Crippen LogP contribution in [0.1, 0.15) is 5.56 Å². The van der Waals surface area contributed by atoms with Crippen LogP contribution in [0.2, 0.25) is 0 Å². The highest BCUT2D eigenvalue weighted by Crippen LogP contribution is 2.14. The Kier molecular flexibility index (Phi) is 4.52. The number of para-hydroxylation sites is 2. The zero-order valence-corrected chi connectivity index (χ0v) is 13.0. The summed E-state index contributed by atoms with van der Waals surface area (Å²) in [5, 5.41) is 1.08. The Balaban J connectivity index is 1.60. The highest BCUT2D eigenvalue weighted by Gasteiger charge is 2.10. The molecule has 1 aromatic heterocycles. The summed E-state index contributed by atoms with van der Waals surface area (Å²) in [5.41, 5.74) is 1.96. The highest BCUT2D eigenvalue weighted by atomic mass is 16.5. The van der Waals surface area contributed by atoms with E-state index in [-0.39, 0.29) is 12.5 Å². The highest BCUT2D eigenvalue weighted by molar-refractivity contribution is 5.79. The van der Waals surface area contributed by atoms with E-state index in [2.05, 4.69) is 11.1 Å². The van der Waals surface area contributed by atoms with Crippen molar-refractivity contribution in [2.24, 2.45) is 0 Å². The van der Waals surface area contributed by atoms with E-state index in [0.717, 1.165) is 16.5 Å². The summed E-state index contributed by atoms with van der Waals surface area (Å²) in [6.07, 6.45) is 1.81. The number of fused-ring (bicyclic) bond motifs is 1. The molecule has 1 heterocycles. The average Bonchev–Trinajstić information content (AvgIpc) is 2.60. The van der Waals surface area contributed by atoms with Gasteiger partial charge in [-0.15, -0.1) is 0 Å². The maximum Gasteiger partial charge on any atom is 0.260 e. The van der Waals surface area contributed by atoms with E-state index in [1.165, 1.54) is 0 Å². The van der Waals surface area contributed by atoms with Crippen LogP contribution in [0.15, 0.2) is 66.9 Å². The van der Waals surface area contributed by atoms with Gasteiger partial charge in [-0.3, -0.25) is 9.78 Å². The smallest absolute Gasteiger partial charge is 0.260 e. The van der Waals surface area contributed by atoms with E-state index < -0.39 is 0 Å². The average molecular weight is 306 g/mol. The number of ether oxygens (including phenoxy) is 1. The second-order valence-electron chi connectivity index (χ2n) is 5.39. The third-order valence-electron chi connectivity index (χ3n) is 3.60. The van der Waals surface area contributed by atoms with Crippen molar-refractivity contribution in [3.63, 3.8) is 0 Å². The van der Waals surface area contributed by atoms with Crippen molar-refractivity contribution < 1.29 is 9.53 Å². The van der Waals surface area contributed by atoms with Crippen molar-refractivity contribution in [1.29, 1.82) is 0 Å². The number of nitrogens with zero attached hydrogens (tertiary/aromatic N) is 2. The van der Waals surface area contributed by atoms with Gasteiger partial charge in [0.15, 0.2) is 6.61 Å². The topological polar surface area (TPSA) is 42.4 Å². The fraction of sp³-hybridized carbons (Fsp3) is 0.158. The molecule has 0 N–H and O–H groups in total. The second kappa shape index (κ2) is 6.92. The first-order valence-corrected chi connectivity index (χ1v) is 7.48. The molecule has 2 aromatic carbocycles. The standard InChI is InChI=1S/C19H18N2O2/c1-21(19(22)14-23-17-8-3-2-4-9-17)13-15-11-16-7-5-6-10-18(16)20-12-15/h2-12H,13-14H2,1H3. The fourth-order valence-electron chi connectivity index (χ4n) is 2.34. The SMILES string of the molecule is CN(Cc1cnc2ccccc2c1)C(=O)COc1ccccc1. The number of rotatable bonds is 5. The molecule has 0 aliphatic heterocycles. The van der Waals surface area contributed by atoms with Crippen LogP contribution in [0.25, 0.3) is 10.9 Å². The van der Waals surface area contributed by atoms with Crippen molar-refractivity contribution in [3.05, 3.63) is 72.4 Å². The molecule has 0 fully saturated rings. The van der Waals surface area contributed by atoms with Crippen molar-refractivity contribution >= 4 is 16.8 Å². The minimum absolute atomic E-state index is 0.0293. The lowest BCUT2D eigenvalue weighted by atomic mass is 10.1. The summed E-state index contributed by atoms with van der Waals surface area (Å²) in [4.78, 5) is 18.2. The first kappa shape index (κ1) is 15.0. The predicted molar refractivity (Wildman–Crippen MR) is 90.2 cm³/mol. The third kappa shape index (κ3) is 3.86. The van der Waals surface area contributed by atoms with Crippen LogP contribution in [-0.2, 0) is 11.3 Å². The summed E-state index contributed by atoms with van der Waals surface area (Å²) < 4.78 is 5.49. The molecule has 23 heavy (non-hydrogen) atoms. The Labute approximate surface area is 135 Å². The number of hydrogen-bond donors (Lipinski definition) is 0. The molecular weight excluding hydrogens is 288 g/mol. The molecule has 0 aliphatic rings. The van der Waals surface area contributed by atoms with E-state index in [1.54, 1.807) is 11.9 Å². The molecule has 0 unspecified atom stereocenters. The van der Waals surface area contributed by atoms with Gasteiger partial charge < -0.3 is 9.64 Å². The molecule has 1 amide bonds. The number of pyridine rings is 1. The number of likely N-dealkylation sites (N-methyl/N-ethyl adjacent to an activating group) is 1. The first-order valence-electron chi connectivity index (χ1n) is 7.48. The van der Waals surface area contributed by atoms with E-state index in [4.69, 9.17) is 4.74 Å². The number of carbonyl (C=O) groups is 1. The van der Waals surface area contributed by atoms with Crippen LogP contribution in [0.5, 0.6) is 5.75 Å². The summed E-state index contributed by atoms with van der Waals surface area (Å²) in [7, 11) is 1.77. The Morgan fingerprint density at radius 3 is 2.65 bits per heavy atom. The quantitative estimate of drug-likeness (QED) is 0.726. The van der Waals surface area contributed by atoms with E-state index >= 15 is 0 Å². The van der Waals surface area contributed by atoms with Gasteiger partial charge in [0.05, 0.1) is 5.52 Å². The van der Waals surface area contributed by atoms with E-state index in [9.17, 15) is 4.79 Å². The van der Waals surface area contributed by atoms with Crippen molar-refractivity contribution in [2.75, 3.05) is 13.7 Å².